The molecular formula is C14H15NO3. The highest BCUT2D eigenvalue weighted by Crippen LogP contribution is 2.33. The molecule has 0 spiro atoms. The Morgan fingerprint density at radius 2 is 1.89 bits per heavy atom. The summed E-state index contributed by atoms with van der Waals surface area (Å²) in [4.78, 5) is 4.15. The molecule has 0 aliphatic rings. The summed E-state index contributed by atoms with van der Waals surface area (Å²) in [5, 5.41) is 9.29. The third-order valence-electron chi connectivity index (χ3n) is 2.73. The van der Waals surface area contributed by atoms with Gasteiger partial charge in [-0.25, -0.2) is 0 Å². The molecule has 2 rings (SSSR count). The maximum Gasteiger partial charge on any atom is 0.161 e. The van der Waals surface area contributed by atoms with E-state index < -0.39 is 0 Å². The molecule has 0 aliphatic carbocycles. The standard InChI is InChI=1S/C14H15NO3/c1-17-13-6-5-10(8-14(13)18-2)11-4-3-7-15-12(11)9-16/h3-8,16H,9H2,1-2H3. The van der Waals surface area contributed by atoms with E-state index in [4.69, 9.17) is 9.47 Å². The number of nitrogens with zero attached hydrogens (tertiary/aromatic N) is 1. The van der Waals surface area contributed by atoms with Crippen molar-refractivity contribution < 1.29 is 14.6 Å². The molecule has 94 valence electrons. The van der Waals surface area contributed by atoms with E-state index >= 15 is 0 Å². The normalized spacial score (nSPS) is 10.2. The van der Waals surface area contributed by atoms with Gasteiger partial charge in [-0.2, -0.15) is 0 Å². The summed E-state index contributed by atoms with van der Waals surface area (Å²) in [6.07, 6.45) is 1.66. The zero-order valence-corrected chi connectivity index (χ0v) is 10.4. The molecule has 0 atom stereocenters. The van der Waals surface area contributed by atoms with Gasteiger partial charge in [0.05, 0.1) is 26.5 Å². The first-order chi connectivity index (χ1) is 8.80. The Kier molecular flexibility index (Phi) is 3.79. The van der Waals surface area contributed by atoms with Crippen molar-refractivity contribution in [3.8, 4) is 22.6 Å². The fourth-order valence-corrected chi connectivity index (χ4v) is 1.83. The minimum Gasteiger partial charge on any atom is -0.493 e. The van der Waals surface area contributed by atoms with Crippen molar-refractivity contribution in [1.82, 2.24) is 4.98 Å². The first kappa shape index (κ1) is 12.4. The predicted molar refractivity (Wildman–Crippen MR) is 68.7 cm³/mol. The average Bonchev–Trinajstić information content (AvgIpc) is 2.46. The first-order valence-electron chi connectivity index (χ1n) is 5.57. The Morgan fingerprint density at radius 3 is 2.56 bits per heavy atom. The molecule has 0 radical (unpaired) electrons. The smallest absolute Gasteiger partial charge is 0.161 e. The molecule has 0 aliphatic heterocycles. The third-order valence-corrected chi connectivity index (χ3v) is 2.73. The Labute approximate surface area is 106 Å². The second-order valence-electron chi connectivity index (χ2n) is 3.73. The molecule has 0 bridgehead atoms. The van der Waals surface area contributed by atoms with Gasteiger partial charge in [-0.15, -0.1) is 0 Å². The van der Waals surface area contributed by atoms with Crippen LogP contribution in [0, 0.1) is 0 Å². The van der Waals surface area contributed by atoms with Crippen molar-refractivity contribution in [2.45, 2.75) is 6.61 Å². The van der Waals surface area contributed by atoms with Crippen molar-refractivity contribution in [3.63, 3.8) is 0 Å². The number of rotatable bonds is 4. The molecule has 1 heterocycles. The van der Waals surface area contributed by atoms with Crippen LogP contribution in [0.2, 0.25) is 0 Å². The summed E-state index contributed by atoms with van der Waals surface area (Å²) in [7, 11) is 3.19. The van der Waals surface area contributed by atoms with E-state index in [1.807, 2.05) is 30.3 Å². The summed E-state index contributed by atoms with van der Waals surface area (Å²) in [5.74, 6) is 1.33. The van der Waals surface area contributed by atoms with Crippen molar-refractivity contribution in [3.05, 3.63) is 42.2 Å². The monoisotopic (exact) mass is 245 g/mol. The van der Waals surface area contributed by atoms with Crippen molar-refractivity contribution in [2.75, 3.05) is 14.2 Å². The van der Waals surface area contributed by atoms with Gasteiger partial charge in [0.2, 0.25) is 0 Å². The van der Waals surface area contributed by atoms with Gasteiger partial charge in [-0.3, -0.25) is 4.98 Å². The zero-order chi connectivity index (χ0) is 13.0. The van der Waals surface area contributed by atoms with Gasteiger partial charge in [-0.05, 0) is 23.8 Å². The van der Waals surface area contributed by atoms with Gasteiger partial charge in [0.25, 0.3) is 0 Å². The van der Waals surface area contributed by atoms with Gasteiger partial charge < -0.3 is 14.6 Å². The molecule has 4 nitrogen and oxygen atoms in total. The Hall–Kier alpha value is -2.07. The number of benzene rings is 1. The zero-order valence-electron chi connectivity index (χ0n) is 10.4. The lowest BCUT2D eigenvalue weighted by Crippen LogP contribution is -1.95. The average molecular weight is 245 g/mol. The maximum absolute atomic E-state index is 9.29. The summed E-state index contributed by atoms with van der Waals surface area (Å²) in [6.45, 7) is -0.0927. The third kappa shape index (κ3) is 2.28. The van der Waals surface area contributed by atoms with Crippen LogP contribution >= 0.6 is 0 Å². The first-order valence-corrected chi connectivity index (χ1v) is 5.57. The molecule has 4 heteroatoms. The number of hydrogen-bond donors (Lipinski definition) is 1. The van der Waals surface area contributed by atoms with Crippen LogP contribution in [0.5, 0.6) is 11.5 Å². The molecule has 0 fully saturated rings. The van der Waals surface area contributed by atoms with Crippen molar-refractivity contribution in [1.29, 1.82) is 0 Å². The van der Waals surface area contributed by atoms with Crippen LogP contribution in [-0.2, 0) is 6.61 Å². The topological polar surface area (TPSA) is 51.6 Å². The minimum atomic E-state index is -0.0927. The maximum atomic E-state index is 9.29. The highest BCUT2D eigenvalue weighted by atomic mass is 16.5. The number of pyridine rings is 1. The number of hydrogen-bond acceptors (Lipinski definition) is 4. The minimum absolute atomic E-state index is 0.0927. The lowest BCUT2D eigenvalue weighted by atomic mass is 10.0. The van der Waals surface area contributed by atoms with Crippen molar-refractivity contribution >= 4 is 0 Å². The van der Waals surface area contributed by atoms with Crippen LogP contribution in [0.4, 0.5) is 0 Å². The molecule has 0 saturated heterocycles. The molecule has 1 aromatic carbocycles. The predicted octanol–water partition coefficient (Wildman–Crippen LogP) is 2.26. The number of aliphatic hydroxyl groups excluding tert-OH is 1. The van der Waals surface area contributed by atoms with E-state index in [2.05, 4.69) is 4.98 Å². The Balaban J connectivity index is 2.51. The molecule has 1 aromatic heterocycles. The SMILES string of the molecule is COc1ccc(-c2cccnc2CO)cc1OC. The molecule has 0 saturated carbocycles. The molecule has 0 amide bonds. The largest absolute Gasteiger partial charge is 0.493 e. The second-order valence-corrected chi connectivity index (χ2v) is 3.73. The highest BCUT2D eigenvalue weighted by Gasteiger charge is 2.09. The van der Waals surface area contributed by atoms with Gasteiger partial charge in [0, 0.05) is 11.8 Å². The summed E-state index contributed by atoms with van der Waals surface area (Å²) in [5.41, 5.74) is 2.47. The summed E-state index contributed by atoms with van der Waals surface area (Å²) >= 11 is 0. The Morgan fingerprint density at radius 1 is 1.11 bits per heavy atom. The van der Waals surface area contributed by atoms with Gasteiger partial charge in [0.15, 0.2) is 11.5 Å². The van der Waals surface area contributed by atoms with Crippen molar-refractivity contribution in [2.24, 2.45) is 0 Å². The number of methoxy groups -OCH3 is 2. The van der Waals surface area contributed by atoms with E-state index in [0.717, 1.165) is 11.1 Å². The van der Waals surface area contributed by atoms with E-state index in [0.29, 0.717) is 17.2 Å². The van der Waals surface area contributed by atoms with Crippen LogP contribution in [0.3, 0.4) is 0 Å². The second kappa shape index (κ2) is 5.51. The fraction of sp³-hybridized carbons (Fsp3) is 0.214. The molecule has 0 unspecified atom stereocenters. The van der Waals surface area contributed by atoms with Crippen LogP contribution in [0.25, 0.3) is 11.1 Å². The highest BCUT2D eigenvalue weighted by molar-refractivity contribution is 5.69. The molecule has 1 N–H and O–H groups in total. The Bertz CT molecular complexity index is 540. The lowest BCUT2D eigenvalue weighted by molar-refractivity contribution is 0.277. The van der Waals surface area contributed by atoms with Gasteiger partial charge >= 0.3 is 0 Å². The van der Waals surface area contributed by atoms with Crippen LogP contribution < -0.4 is 9.47 Å². The molecule has 2 aromatic rings. The van der Waals surface area contributed by atoms with Gasteiger partial charge in [-0.1, -0.05) is 12.1 Å². The number of aliphatic hydroxyl groups is 1. The van der Waals surface area contributed by atoms with Gasteiger partial charge in [0.1, 0.15) is 0 Å². The van der Waals surface area contributed by atoms with Crippen LogP contribution in [-0.4, -0.2) is 24.3 Å². The van der Waals surface area contributed by atoms with E-state index in [-0.39, 0.29) is 6.61 Å². The van der Waals surface area contributed by atoms with E-state index in [1.54, 1.807) is 20.4 Å². The summed E-state index contributed by atoms with van der Waals surface area (Å²) < 4.78 is 10.5. The van der Waals surface area contributed by atoms with E-state index in [9.17, 15) is 5.11 Å². The fourth-order valence-electron chi connectivity index (χ4n) is 1.83. The van der Waals surface area contributed by atoms with Crippen LogP contribution in [0.1, 0.15) is 5.69 Å². The number of aromatic nitrogens is 1. The van der Waals surface area contributed by atoms with Crippen LogP contribution in [0.15, 0.2) is 36.5 Å². The molecular weight excluding hydrogens is 230 g/mol. The number of ether oxygens (including phenoxy) is 2. The quantitative estimate of drug-likeness (QED) is 0.897. The van der Waals surface area contributed by atoms with E-state index in [1.165, 1.54) is 0 Å². The lowest BCUT2D eigenvalue weighted by Gasteiger charge is -2.11. The molecule has 18 heavy (non-hydrogen) atoms. The summed E-state index contributed by atoms with van der Waals surface area (Å²) in [6, 6.07) is 9.37.